The van der Waals surface area contributed by atoms with Gasteiger partial charge in [0.2, 0.25) is 0 Å². The number of anilines is 1. The summed E-state index contributed by atoms with van der Waals surface area (Å²) in [6.45, 7) is 7.49. The first-order valence-electron chi connectivity index (χ1n) is 7.89. The highest BCUT2D eigenvalue weighted by Crippen LogP contribution is 2.19. The number of benzene rings is 2. The van der Waals surface area contributed by atoms with Crippen molar-refractivity contribution in [1.82, 2.24) is 0 Å². The Morgan fingerprint density at radius 1 is 1.12 bits per heavy atom. The second kappa shape index (κ2) is 10.2. The molecular weight excluding hydrogens is 413 g/mol. The van der Waals surface area contributed by atoms with Gasteiger partial charge in [-0.2, -0.15) is 0 Å². The van der Waals surface area contributed by atoms with Crippen LogP contribution in [0.15, 0.2) is 53.5 Å². The van der Waals surface area contributed by atoms with Crippen LogP contribution in [-0.4, -0.2) is 12.6 Å². The summed E-state index contributed by atoms with van der Waals surface area (Å²) in [7, 11) is 0. The van der Waals surface area contributed by atoms with E-state index in [1.165, 1.54) is 5.56 Å². The fraction of sp³-hybridized carbons (Fsp3) is 0.316. The van der Waals surface area contributed by atoms with Gasteiger partial charge in [-0.1, -0.05) is 49.7 Å². The van der Waals surface area contributed by atoms with Gasteiger partial charge < -0.3 is 15.8 Å². The number of hydrogen-bond donors (Lipinski definition) is 2. The largest absolute Gasteiger partial charge is 0.493 e. The third-order valence-electron chi connectivity index (χ3n) is 3.29. The SMILES string of the molecule is Cc1ccc(NC(N)=NCc2ccccc2OCC(C)C)cc1.I. The van der Waals surface area contributed by atoms with Gasteiger partial charge in [-0.15, -0.1) is 24.0 Å². The standard InChI is InChI=1S/C19H25N3O.HI/c1-14(2)13-23-18-7-5-4-6-16(18)12-21-19(20)22-17-10-8-15(3)9-11-17;/h4-11,14H,12-13H2,1-3H3,(H3,20,21,22);1H. The Bertz CT molecular complexity index is 654. The summed E-state index contributed by atoms with van der Waals surface area (Å²) in [6.07, 6.45) is 0. The van der Waals surface area contributed by atoms with Crippen LogP contribution < -0.4 is 15.8 Å². The van der Waals surface area contributed by atoms with E-state index in [2.05, 4.69) is 31.1 Å². The molecule has 0 fully saturated rings. The number of nitrogens with zero attached hydrogens (tertiary/aromatic N) is 1. The molecule has 0 heterocycles. The first kappa shape index (κ1) is 20.3. The summed E-state index contributed by atoms with van der Waals surface area (Å²) in [6, 6.07) is 16.0. The molecule has 0 aliphatic carbocycles. The average molecular weight is 439 g/mol. The van der Waals surface area contributed by atoms with Gasteiger partial charge >= 0.3 is 0 Å². The van der Waals surface area contributed by atoms with E-state index in [1.54, 1.807) is 0 Å². The molecule has 130 valence electrons. The maximum absolute atomic E-state index is 5.96. The Balaban J connectivity index is 0.00000288. The van der Waals surface area contributed by atoms with E-state index in [4.69, 9.17) is 10.5 Å². The van der Waals surface area contributed by atoms with E-state index in [-0.39, 0.29) is 24.0 Å². The van der Waals surface area contributed by atoms with Crippen LogP contribution in [0.3, 0.4) is 0 Å². The van der Waals surface area contributed by atoms with Crippen LogP contribution in [0.25, 0.3) is 0 Å². The predicted octanol–water partition coefficient (Wildman–Crippen LogP) is 4.57. The molecule has 24 heavy (non-hydrogen) atoms. The molecule has 0 aliphatic rings. The number of para-hydroxylation sites is 1. The normalized spacial score (nSPS) is 11.1. The molecule has 4 nitrogen and oxygen atoms in total. The molecule has 0 atom stereocenters. The number of nitrogens with two attached hydrogens (primary N) is 1. The molecule has 0 unspecified atom stereocenters. The fourth-order valence-electron chi connectivity index (χ4n) is 2.03. The van der Waals surface area contributed by atoms with Gasteiger partial charge in [-0.3, -0.25) is 0 Å². The molecule has 3 N–H and O–H groups in total. The molecule has 5 heteroatoms. The monoisotopic (exact) mass is 439 g/mol. The van der Waals surface area contributed by atoms with Crippen LogP contribution in [0, 0.1) is 12.8 Å². The van der Waals surface area contributed by atoms with E-state index >= 15 is 0 Å². The number of aliphatic imine (C=N–C) groups is 1. The van der Waals surface area contributed by atoms with Crippen molar-refractivity contribution in [3.8, 4) is 5.75 Å². The van der Waals surface area contributed by atoms with Crippen LogP contribution >= 0.6 is 24.0 Å². The highest BCUT2D eigenvalue weighted by atomic mass is 127. The van der Waals surface area contributed by atoms with Crippen molar-refractivity contribution in [3.05, 3.63) is 59.7 Å². The Labute approximate surface area is 161 Å². The van der Waals surface area contributed by atoms with E-state index in [1.807, 2.05) is 48.5 Å². The second-order valence-electron chi connectivity index (χ2n) is 6.01. The lowest BCUT2D eigenvalue weighted by Gasteiger charge is -2.12. The minimum Gasteiger partial charge on any atom is -0.493 e. The van der Waals surface area contributed by atoms with Crippen molar-refractivity contribution < 1.29 is 4.74 Å². The molecule has 0 aliphatic heterocycles. The Morgan fingerprint density at radius 3 is 2.46 bits per heavy atom. The zero-order valence-corrected chi connectivity index (χ0v) is 16.8. The van der Waals surface area contributed by atoms with Gasteiger partial charge in [-0.05, 0) is 31.0 Å². The smallest absolute Gasteiger partial charge is 0.193 e. The minimum atomic E-state index is 0. The third kappa shape index (κ3) is 6.78. The maximum atomic E-state index is 5.96. The van der Waals surface area contributed by atoms with Crippen molar-refractivity contribution in [2.75, 3.05) is 11.9 Å². The van der Waals surface area contributed by atoms with Gasteiger partial charge in [0.15, 0.2) is 5.96 Å². The lowest BCUT2D eigenvalue weighted by molar-refractivity contribution is 0.268. The number of aryl methyl sites for hydroxylation is 1. The van der Waals surface area contributed by atoms with E-state index in [0.29, 0.717) is 25.0 Å². The number of halogens is 1. The molecular formula is C19H26IN3O. The van der Waals surface area contributed by atoms with E-state index in [9.17, 15) is 0 Å². The number of hydrogen-bond acceptors (Lipinski definition) is 2. The summed E-state index contributed by atoms with van der Waals surface area (Å²) in [5.41, 5.74) is 9.13. The number of nitrogens with one attached hydrogen (secondary N) is 1. The predicted molar refractivity (Wildman–Crippen MR) is 112 cm³/mol. The van der Waals surface area contributed by atoms with Crippen LogP contribution in [0.4, 0.5) is 5.69 Å². The zero-order valence-electron chi connectivity index (χ0n) is 14.5. The van der Waals surface area contributed by atoms with Crippen LogP contribution in [-0.2, 0) is 6.54 Å². The van der Waals surface area contributed by atoms with E-state index < -0.39 is 0 Å². The van der Waals surface area contributed by atoms with Crippen molar-refractivity contribution in [1.29, 1.82) is 0 Å². The first-order valence-corrected chi connectivity index (χ1v) is 7.89. The van der Waals surface area contributed by atoms with Gasteiger partial charge in [0, 0.05) is 11.3 Å². The Kier molecular flexibility index (Phi) is 8.60. The average Bonchev–Trinajstić information content (AvgIpc) is 2.54. The molecule has 2 aromatic carbocycles. The molecule has 2 aromatic rings. The topological polar surface area (TPSA) is 59.6 Å². The molecule has 0 spiro atoms. The molecule has 0 aromatic heterocycles. The third-order valence-corrected chi connectivity index (χ3v) is 3.29. The number of ether oxygens (including phenoxy) is 1. The summed E-state index contributed by atoms with van der Waals surface area (Å²) in [5.74, 6) is 1.75. The van der Waals surface area contributed by atoms with Gasteiger partial charge in [0.05, 0.1) is 13.2 Å². The van der Waals surface area contributed by atoms with Crippen molar-refractivity contribution in [2.45, 2.75) is 27.3 Å². The van der Waals surface area contributed by atoms with Crippen LogP contribution in [0.5, 0.6) is 5.75 Å². The molecule has 2 rings (SSSR count). The minimum absolute atomic E-state index is 0. The molecule has 0 bridgehead atoms. The second-order valence-corrected chi connectivity index (χ2v) is 6.01. The highest BCUT2D eigenvalue weighted by molar-refractivity contribution is 14.0. The lowest BCUT2D eigenvalue weighted by atomic mass is 10.2. The van der Waals surface area contributed by atoms with Gasteiger partial charge in [0.25, 0.3) is 0 Å². The number of guanidine groups is 1. The number of rotatable bonds is 6. The first-order chi connectivity index (χ1) is 11.0. The molecule has 0 amide bonds. The van der Waals surface area contributed by atoms with Crippen LogP contribution in [0.2, 0.25) is 0 Å². The van der Waals surface area contributed by atoms with Gasteiger partial charge in [-0.25, -0.2) is 4.99 Å². The summed E-state index contributed by atoms with van der Waals surface area (Å²) in [5, 5.41) is 3.10. The quantitative estimate of drug-likeness (QED) is 0.394. The van der Waals surface area contributed by atoms with E-state index in [0.717, 1.165) is 17.0 Å². The summed E-state index contributed by atoms with van der Waals surface area (Å²) >= 11 is 0. The Hall–Kier alpha value is -1.76. The fourth-order valence-corrected chi connectivity index (χ4v) is 2.03. The van der Waals surface area contributed by atoms with Gasteiger partial charge in [0.1, 0.15) is 5.75 Å². The van der Waals surface area contributed by atoms with Crippen molar-refractivity contribution in [3.63, 3.8) is 0 Å². The summed E-state index contributed by atoms with van der Waals surface area (Å²) < 4.78 is 5.83. The summed E-state index contributed by atoms with van der Waals surface area (Å²) in [4.78, 5) is 4.40. The van der Waals surface area contributed by atoms with Crippen molar-refractivity contribution in [2.24, 2.45) is 16.6 Å². The van der Waals surface area contributed by atoms with Crippen molar-refractivity contribution >= 4 is 35.6 Å². The highest BCUT2D eigenvalue weighted by Gasteiger charge is 2.04. The molecule has 0 saturated heterocycles. The zero-order chi connectivity index (χ0) is 16.7. The maximum Gasteiger partial charge on any atom is 0.193 e. The molecule has 0 saturated carbocycles. The Morgan fingerprint density at radius 2 is 1.79 bits per heavy atom. The lowest BCUT2D eigenvalue weighted by Crippen LogP contribution is -2.22. The molecule has 0 radical (unpaired) electrons. The van der Waals surface area contributed by atoms with Crippen LogP contribution in [0.1, 0.15) is 25.0 Å².